The molecule has 2 aromatic carbocycles. The van der Waals surface area contributed by atoms with Crippen molar-refractivity contribution in [2.75, 3.05) is 5.75 Å². The summed E-state index contributed by atoms with van der Waals surface area (Å²) in [6.07, 6.45) is 4.54. The lowest BCUT2D eigenvalue weighted by Crippen LogP contribution is -2.12. The van der Waals surface area contributed by atoms with Gasteiger partial charge in [0.2, 0.25) is 0 Å². The summed E-state index contributed by atoms with van der Waals surface area (Å²) in [5.41, 5.74) is 2.05. The molecule has 3 rings (SSSR count). The summed E-state index contributed by atoms with van der Waals surface area (Å²) in [7, 11) is -3.54. The summed E-state index contributed by atoms with van der Waals surface area (Å²) in [5.74, 6) is -1.23. The molecule has 5 nitrogen and oxygen atoms in total. The second-order valence-corrected chi connectivity index (χ2v) is 8.55. The van der Waals surface area contributed by atoms with E-state index in [2.05, 4.69) is 15.9 Å². The molecule has 0 saturated carbocycles. The summed E-state index contributed by atoms with van der Waals surface area (Å²) in [4.78, 5) is 11.2. The second kappa shape index (κ2) is 7.94. The maximum Gasteiger partial charge on any atom is 0.335 e. The monoisotopic (exact) mass is 446 g/mol. The molecule has 2 aromatic rings. The fraction of sp³-hybridized carbons (Fsp3) is 0.0500. The molecule has 1 aliphatic rings. The van der Waals surface area contributed by atoms with Gasteiger partial charge in [-0.3, -0.25) is 0 Å². The van der Waals surface area contributed by atoms with Crippen molar-refractivity contribution in [2.45, 2.75) is 4.90 Å². The molecule has 1 aliphatic heterocycles. The Labute approximate surface area is 165 Å². The zero-order valence-corrected chi connectivity index (χ0v) is 16.4. The normalized spacial score (nSPS) is 15.7. The number of hydrogen-bond acceptors (Lipinski definition) is 4. The molecule has 0 saturated heterocycles. The fourth-order valence-electron chi connectivity index (χ4n) is 2.56. The maximum absolute atomic E-state index is 12.7. The summed E-state index contributed by atoms with van der Waals surface area (Å²) >= 11 is 3.50. The topological polar surface area (TPSA) is 80.7 Å². The smallest absolute Gasteiger partial charge is 0.335 e. The van der Waals surface area contributed by atoms with Crippen LogP contribution in [-0.2, 0) is 14.6 Å². The van der Waals surface area contributed by atoms with E-state index in [1.807, 2.05) is 0 Å². The molecule has 0 amide bonds. The molecule has 0 spiro atoms. The number of allylic oxidation sites excluding steroid dienone is 2. The number of carboxylic acids is 1. The Balaban J connectivity index is 1.95. The van der Waals surface area contributed by atoms with Gasteiger partial charge >= 0.3 is 5.97 Å². The van der Waals surface area contributed by atoms with Gasteiger partial charge in [0, 0.05) is 10.1 Å². The van der Waals surface area contributed by atoms with Crippen molar-refractivity contribution in [3.63, 3.8) is 0 Å². The molecule has 0 atom stereocenters. The zero-order chi connectivity index (χ0) is 19.4. The zero-order valence-electron chi connectivity index (χ0n) is 14.0. The highest BCUT2D eigenvalue weighted by Crippen LogP contribution is 2.33. The van der Waals surface area contributed by atoms with Crippen LogP contribution in [0.15, 0.2) is 89.2 Å². The highest BCUT2D eigenvalue weighted by Gasteiger charge is 2.22. The molecule has 1 heterocycles. The lowest BCUT2D eigenvalue weighted by atomic mass is 10.0. The highest BCUT2D eigenvalue weighted by atomic mass is 79.9. The number of rotatable bonds is 5. The van der Waals surface area contributed by atoms with Gasteiger partial charge in [-0.05, 0) is 57.4 Å². The minimum atomic E-state index is -3.54. The van der Waals surface area contributed by atoms with Crippen LogP contribution in [0.3, 0.4) is 0 Å². The van der Waals surface area contributed by atoms with E-state index in [1.165, 1.54) is 24.7 Å². The average Bonchev–Trinajstić information content (AvgIpc) is 2.68. The van der Waals surface area contributed by atoms with E-state index in [1.54, 1.807) is 48.5 Å². The van der Waals surface area contributed by atoms with Gasteiger partial charge in [0.1, 0.15) is 0 Å². The Morgan fingerprint density at radius 1 is 1.00 bits per heavy atom. The Kier molecular flexibility index (Phi) is 5.62. The molecule has 0 radical (unpaired) electrons. The van der Waals surface area contributed by atoms with Gasteiger partial charge in [0.25, 0.3) is 0 Å². The SMILES string of the molecule is O=C(O)c1ccc(/C(Br)=C2/C=COC=C2CS(=O)(=O)c2ccccc2)cc1. The van der Waals surface area contributed by atoms with Gasteiger partial charge in [-0.25, -0.2) is 13.2 Å². The van der Waals surface area contributed by atoms with Crippen molar-refractivity contribution in [3.8, 4) is 0 Å². The molecule has 0 fully saturated rings. The van der Waals surface area contributed by atoms with Crippen LogP contribution in [0.5, 0.6) is 0 Å². The number of halogens is 1. The number of sulfone groups is 1. The molecule has 0 aromatic heterocycles. The van der Waals surface area contributed by atoms with Crippen LogP contribution in [0.4, 0.5) is 0 Å². The lowest BCUT2D eigenvalue weighted by molar-refractivity contribution is 0.0697. The van der Waals surface area contributed by atoms with Crippen LogP contribution in [0.1, 0.15) is 15.9 Å². The van der Waals surface area contributed by atoms with Gasteiger partial charge in [0.05, 0.1) is 28.7 Å². The predicted octanol–water partition coefficient (Wildman–Crippen LogP) is 4.39. The number of ether oxygens (including phenoxy) is 1. The Hall–Kier alpha value is -2.64. The first-order valence-corrected chi connectivity index (χ1v) is 10.4. The van der Waals surface area contributed by atoms with E-state index in [0.717, 1.165) is 5.56 Å². The van der Waals surface area contributed by atoms with Crippen molar-refractivity contribution in [3.05, 3.63) is 95.5 Å². The molecule has 0 bridgehead atoms. The predicted molar refractivity (Wildman–Crippen MR) is 106 cm³/mol. The van der Waals surface area contributed by atoms with Gasteiger partial charge in [-0.2, -0.15) is 0 Å². The summed E-state index contributed by atoms with van der Waals surface area (Å²) in [5, 5.41) is 9.01. The Bertz CT molecular complexity index is 1050. The largest absolute Gasteiger partial charge is 0.478 e. The number of carboxylic acid groups (broad SMARTS) is 1. The molecular weight excluding hydrogens is 432 g/mol. The quantitative estimate of drug-likeness (QED) is 0.736. The highest BCUT2D eigenvalue weighted by molar-refractivity contribution is 9.15. The van der Waals surface area contributed by atoms with Crippen LogP contribution < -0.4 is 0 Å². The molecule has 27 heavy (non-hydrogen) atoms. The summed E-state index contributed by atoms with van der Waals surface area (Å²) in [6, 6.07) is 14.5. The first-order valence-electron chi connectivity index (χ1n) is 7.91. The third-order valence-corrected chi connectivity index (χ3v) is 6.51. The van der Waals surface area contributed by atoms with E-state index in [4.69, 9.17) is 9.84 Å². The number of aromatic carboxylic acids is 1. The minimum absolute atomic E-state index is 0.175. The molecule has 1 N–H and O–H groups in total. The van der Waals surface area contributed by atoms with Crippen molar-refractivity contribution >= 4 is 36.2 Å². The molecule has 0 aliphatic carbocycles. The van der Waals surface area contributed by atoms with E-state index in [9.17, 15) is 13.2 Å². The van der Waals surface area contributed by atoms with Crippen LogP contribution in [-0.4, -0.2) is 25.2 Å². The van der Waals surface area contributed by atoms with E-state index >= 15 is 0 Å². The Morgan fingerprint density at radius 2 is 1.63 bits per heavy atom. The van der Waals surface area contributed by atoms with Gasteiger partial charge in [-0.15, -0.1) is 0 Å². The van der Waals surface area contributed by atoms with Gasteiger partial charge in [-0.1, -0.05) is 30.3 Å². The maximum atomic E-state index is 12.7. The van der Waals surface area contributed by atoms with Crippen LogP contribution in [0.25, 0.3) is 4.48 Å². The number of hydrogen-bond donors (Lipinski definition) is 1. The van der Waals surface area contributed by atoms with E-state index in [0.29, 0.717) is 15.6 Å². The molecular formula is C20H15BrO5S. The van der Waals surface area contributed by atoms with Crippen LogP contribution in [0, 0.1) is 0 Å². The Morgan fingerprint density at radius 3 is 2.26 bits per heavy atom. The molecule has 7 heteroatoms. The molecule has 0 unspecified atom stereocenters. The van der Waals surface area contributed by atoms with Crippen LogP contribution >= 0.6 is 15.9 Å². The summed E-state index contributed by atoms with van der Waals surface area (Å²) in [6.45, 7) is 0. The number of benzene rings is 2. The van der Waals surface area contributed by atoms with Crippen molar-refractivity contribution in [2.24, 2.45) is 0 Å². The van der Waals surface area contributed by atoms with Gasteiger partial charge < -0.3 is 9.84 Å². The van der Waals surface area contributed by atoms with E-state index in [-0.39, 0.29) is 16.2 Å². The van der Waals surface area contributed by atoms with Crippen molar-refractivity contribution in [1.82, 2.24) is 0 Å². The second-order valence-electron chi connectivity index (χ2n) is 5.76. The van der Waals surface area contributed by atoms with Gasteiger partial charge in [0.15, 0.2) is 9.84 Å². The van der Waals surface area contributed by atoms with Crippen molar-refractivity contribution in [1.29, 1.82) is 0 Å². The standard InChI is InChI=1S/C20H15BrO5S/c21-19(14-6-8-15(9-7-14)20(22)23)18-10-11-26-12-16(18)13-27(24,25)17-4-2-1-3-5-17/h1-12H,13H2,(H,22,23)/b19-18+. The summed E-state index contributed by atoms with van der Waals surface area (Å²) < 4.78 is 31.2. The first-order chi connectivity index (χ1) is 12.9. The average molecular weight is 447 g/mol. The number of carbonyl (C=O) groups is 1. The lowest BCUT2D eigenvalue weighted by Gasteiger charge is -2.16. The fourth-order valence-corrected chi connectivity index (χ4v) is 4.58. The first kappa shape index (κ1) is 19.1. The van der Waals surface area contributed by atoms with Crippen molar-refractivity contribution < 1.29 is 23.1 Å². The van der Waals surface area contributed by atoms with Crippen LogP contribution in [0.2, 0.25) is 0 Å². The minimum Gasteiger partial charge on any atom is -0.478 e. The third-order valence-electron chi connectivity index (χ3n) is 3.94. The molecule has 138 valence electrons. The third kappa shape index (κ3) is 4.37. The van der Waals surface area contributed by atoms with E-state index < -0.39 is 15.8 Å².